The smallest absolute Gasteiger partial charge is 0.152 e. The summed E-state index contributed by atoms with van der Waals surface area (Å²) in [4.78, 5) is 16.0. The van der Waals surface area contributed by atoms with Crippen LogP contribution in [0.4, 0.5) is 5.69 Å². The summed E-state index contributed by atoms with van der Waals surface area (Å²) >= 11 is 2.03. The number of likely N-dealkylation sites (tertiary alicyclic amines) is 1. The van der Waals surface area contributed by atoms with Gasteiger partial charge in [0.1, 0.15) is 12.4 Å². The molecule has 19 aliphatic heterocycles. The third-order valence-corrected chi connectivity index (χ3v) is 26.9. The number of hydroxylamine groups is 1. The zero-order chi connectivity index (χ0) is 95.1. The third-order valence-electron chi connectivity index (χ3n) is 24.3. The number of piperidine rings is 1. The lowest BCUT2D eigenvalue weighted by Gasteiger charge is -2.30. The summed E-state index contributed by atoms with van der Waals surface area (Å²) in [6, 6.07) is 23.7. The molecule has 0 saturated carbocycles. The van der Waals surface area contributed by atoms with Crippen LogP contribution in [-0.4, -0.2) is 413 Å². The minimum absolute atomic E-state index is 0.207. The number of rotatable bonds is 2. The number of morpholine rings is 5. The lowest BCUT2D eigenvalue weighted by atomic mass is 10.0. The molecule has 3 unspecified atom stereocenters. The Kier molecular flexibility index (Phi) is 65.5. The van der Waals surface area contributed by atoms with Gasteiger partial charge in [0.05, 0.1) is 113 Å². The van der Waals surface area contributed by atoms with Crippen molar-refractivity contribution in [2.75, 3.05) is 345 Å². The maximum absolute atomic E-state index is 10.6. The van der Waals surface area contributed by atoms with Gasteiger partial charge in [0, 0.05) is 264 Å². The molecule has 0 aliphatic carbocycles. The van der Waals surface area contributed by atoms with Crippen molar-refractivity contribution in [1.29, 1.82) is 0 Å². The summed E-state index contributed by atoms with van der Waals surface area (Å²) < 4.78 is 67.7. The summed E-state index contributed by atoms with van der Waals surface area (Å²) in [6.07, 6.45) is 17.8. The van der Waals surface area contributed by atoms with Gasteiger partial charge in [0.15, 0.2) is 9.84 Å². The zero-order valence-electron chi connectivity index (χ0n) is 83.8. The first-order valence-electron chi connectivity index (χ1n) is 50.8. The number of aromatic nitrogens is 3. The Morgan fingerprint density at radius 1 is 0.493 bits per heavy atom. The van der Waals surface area contributed by atoms with Crippen molar-refractivity contribution in [2.24, 2.45) is 11.8 Å². The molecule has 2 aromatic carbocycles. The van der Waals surface area contributed by atoms with Crippen LogP contribution in [0.5, 0.6) is 5.75 Å². The molecule has 2 bridgehead atoms. The predicted molar refractivity (Wildman–Crippen MR) is 550 cm³/mol. The Morgan fingerprint density at radius 3 is 1.57 bits per heavy atom. The van der Waals surface area contributed by atoms with Crippen molar-refractivity contribution in [3.8, 4) is 5.75 Å². The number of imidazole rings is 1. The molecule has 16 fully saturated rings. The summed E-state index contributed by atoms with van der Waals surface area (Å²) in [6.45, 7) is 62.2. The number of nitrogens with one attached hydrogen (secondary N) is 17. The van der Waals surface area contributed by atoms with E-state index in [1.165, 1.54) is 164 Å². The molecule has 134 heavy (non-hydrogen) atoms. The number of para-hydroxylation sites is 2. The molecule has 7 atom stereocenters. The molecule has 16 saturated heterocycles. The number of methoxy groups -OCH3 is 1. The second kappa shape index (κ2) is 75.3. The Bertz CT molecular complexity index is 3270. The second-order valence-corrected chi connectivity index (χ2v) is 40.6. The van der Waals surface area contributed by atoms with Gasteiger partial charge in [-0.3, -0.25) is 0 Å². The number of piperazine rings is 1. The molecule has 34 nitrogen and oxygen atoms in total. The van der Waals surface area contributed by atoms with Crippen LogP contribution in [0.3, 0.4) is 0 Å². The largest absolute Gasteiger partial charge is 0.490 e. The minimum Gasteiger partial charge on any atom is -0.490 e. The fourth-order valence-electron chi connectivity index (χ4n) is 16.1. The maximum Gasteiger partial charge on any atom is 0.152 e. The van der Waals surface area contributed by atoms with E-state index in [0.29, 0.717) is 55.0 Å². The molecule has 0 radical (unpaired) electrons. The van der Waals surface area contributed by atoms with E-state index >= 15 is 0 Å². The number of anilines is 1. The molecule has 4 aromatic rings. The van der Waals surface area contributed by atoms with Gasteiger partial charge in [-0.25, -0.2) is 18.9 Å². The van der Waals surface area contributed by atoms with Crippen LogP contribution >= 0.6 is 11.8 Å². The SMILES string of the molecule is C1CC2CNCC1O2.C1CCONC1.C1CNCCOC1.C1CSCCN1.C=C1CCCNC1.CC1(C)COCCN1.CN1CCCNCC1.CN1CCNCC1.CN1C[C@H]2CNC[C@H]2C1.COC1CNC1.C[C@@H]1COCCN1.C[C@H]1COCCN1.O=S1(=O)CCNCC1.c1cc2n(c1)CCNC2.c1ccc(C2CNCCO2)cc1.c1ccc2c(c1)NCCO2.c1ncn2c1CNCC2. The number of fused-ring (bicyclic) bond motifs is 6. The van der Waals surface area contributed by atoms with Gasteiger partial charge in [-0.15, -0.1) is 0 Å². The maximum atomic E-state index is 10.6. The van der Waals surface area contributed by atoms with Gasteiger partial charge in [0.2, 0.25) is 0 Å². The number of nitrogens with zero attached hydrogens (tertiary/aromatic N) is 6. The van der Waals surface area contributed by atoms with Gasteiger partial charge in [-0.05, 0) is 181 Å². The van der Waals surface area contributed by atoms with Gasteiger partial charge in [-0.1, -0.05) is 54.6 Å². The van der Waals surface area contributed by atoms with Crippen molar-refractivity contribution in [3.63, 3.8) is 0 Å². The average Bonchev–Trinajstić information content (AvgIpc) is 1.69. The number of hydrogen-bond donors (Lipinski definition) is 17. The molecule has 0 amide bonds. The summed E-state index contributed by atoms with van der Waals surface area (Å²) in [7, 11) is 5.64. The number of likely N-dealkylation sites (N-methyl/N-ethyl adjacent to an activating group) is 2. The van der Waals surface area contributed by atoms with Gasteiger partial charge >= 0.3 is 0 Å². The fraction of sp³-hybridized carbons (Fsp3) is 0.786. The number of ether oxygens (including phenoxy) is 8. The molecular formula is C98H185N23O11S2. The van der Waals surface area contributed by atoms with Crippen molar-refractivity contribution < 1.29 is 51.2 Å². The van der Waals surface area contributed by atoms with Gasteiger partial charge in [-0.2, -0.15) is 11.8 Å². The van der Waals surface area contributed by atoms with Crippen molar-refractivity contribution in [2.45, 2.75) is 147 Å². The van der Waals surface area contributed by atoms with Crippen molar-refractivity contribution in [1.82, 2.24) is 114 Å². The van der Waals surface area contributed by atoms with Crippen LogP contribution in [0.15, 0.2) is 97.6 Å². The number of benzene rings is 2. The Hall–Kier alpha value is -4.51. The molecule has 23 rings (SSSR count). The average molecular weight is 1930 g/mol. The first kappa shape index (κ1) is 116. The quantitative estimate of drug-likeness (QED) is 0.128. The van der Waals surface area contributed by atoms with E-state index in [-0.39, 0.29) is 11.6 Å². The highest BCUT2D eigenvalue weighted by Crippen LogP contribution is 2.27. The van der Waals surface area contributed by atoms with E-state index in [1.54, 1.807) is 7.11 Å². The molecule has 21 heterocycles. The molecule has 36 heteroatoms. The van der Waals surface area contributed by atoms with Gasteiger partial charge < -0.3 is 152 Å². The molecule has 19 aliphatic rings. The van der Waals surface area contributed by atoms with Crippen LogP contribution in [0, 0.1) is 11.8 Å². The van der Waals surface area contributed by atoms with Crippen molar-refractivity contribution >= 4 is 27.3 Å². The molecular weight excluding hydrogens is 1740 g/mol. The summed E-state index contributed by atoms with van der Waals surface area (Å²) in [5.74, 6) is 6.14. The topological polar surface area (TPSA) is 354 Å². The fourth-order valence-corrected chi connectivity index (χ4v) is 18.0. The van der Waals surface area contributed by atoms with Crippen LogP contribution in [0.25, 0.3) is 0 Å². The summed E-state index contributed by atoms with van der Waals surface area (Å²) in [5, 5.41) is 52.1. The Morgan fingerprint density at radius 2 is 1.09 bits per heavy atom. The van der Waals surface area contributed by atoms with Crippen LogP contribution in [0.1, 0.15) is 102 Å². The lowest BCUT2D eigenvalue weighted by molar-refractivity contribution is 0.0128. The van der Waals surface area contributed by atoms with Crippen LogP contribution in [0.2, 0.25) is 0 Å². The molecule has 770 valence electrons. The van der Waals surface area contributed by atoms with E-state index < -0.39 is 9.84 Å². The number of thioether (sulfide) groups is 1. The molecule has 17 N–H and O–H groups in total. The normalized spacial score (nSPS) is 26.4. The van der Waals surface area contributed by atoms with Crippen LogP contribution in [-0.2, 0) is 74.0 Å². The van der Waals surface area contributed by atoms with E-state index in [2.05, 4.69) is 205 Å². The molecule has 2 aromatic heterocycles. The summed E-state index contributed by atoms with van der Waals surface area (Å²) in [5.41, 5.74) is 9.41. The standard InChI is InChI=1S/C10H13NO.C8H9NO.C7H14N2.C7H10N2.C6H9N3.C6H14N2.C6H11NO.C6H13NO.C6H11N.C5H12N2.3C5H11NO.C4H9NO2S.2C4H9NO.C4H9NS/c1-2-4-9(5-3-1)10-8-11-6-7-12-10;1-2-4-8-7(3-1)9-5-6-10-8;1-9-4-6-2-8-3-7(6)5-9;1-2-7-6-8-3-5-9(7)4-1;1-2-9-5-8-4-6(9)3-7-1;1-8-5-2-3-7-4-6-8;1-2-6-4-7-3-5(1)8-6;1-6(2)5-8-4-3-7-6;1-6-3-2-4-7-5-6;1-7-4-2-6-3-5-7;2*1-5-4-7-3-2-6-5;1-2-6-3-5-7-4-1;6-8(7)3-1-5-2-4-8;1-6-4-2-5-3-4;1-2-4-6-5-3-1;1-3-6-4-2-5-1/h1-5,10-11H,6-8H2;1-4,9H,5-6H2;6-8H,2-5H2,1H3;1-2,4,8H,3,5-6H2;4-5,7H,1-3H2;7H,2-6H2,1H3;5-7H,1-4H2;7H,3-5H2,1-2H3;7H,1-5H2;6H,2-5H2,1H3;2*5-6H,2-4H2,1H3;6H,1-5H2;5H,1-4H2;4-5H,2-3H2,1H3;2*5H,1-4H2/t;;6-,7+;;;;;;;;2*5-;;;;;/m..........10...../s1. The van der Waals surface area contributed by atoms with E-state index in [1.807, 2.05) is 66.8 Å². The van der Waals surface area contributed by atoms with E-state index in [0.717, 1.165) is 246 Å². The lowest BCUT2D eigenvalue weighted by Crippen LogP contribution is -2.49. The Balaban J connectivity index is 0.000000195. The minimum atomic E-state index is -2.65. The monoisotopic (exact) mass is 1920 g/mol. The third kappa shape index (κ3) is 57.4. The van der Waals surface area contributed by atoms with E-state index in [9.17, 15) is 8.42 Å². The highest BCUT2D eigenvalue weighted by molar-refractivity contribution is 7.99. The first-order valence-corrected chi connectivity index (χ1v) is 53.8. The number of hydrogen-bond acceptors (Lipinski definition) is 33. The Labute approximate surface area is 812 Å². The molecule has 0 spiro atoms. The first-order chi connectivity index (χ1) is 65.5. The van der Waals surface area contributed by atoms with Crippen LogP contribution < -0.4 is 95.3 Å². The highest BCUT2D eigenvalue weighted by Gasteiger charge is 2.34. The van der Waals surface area contributed by atoms with E-state index in [4.69, 9.17) is 42.7 Å². The highest BCUT2D eigenvalue weighted by atomic mass is 32.2. The van der Waals surface area contributed by atoms with Crippen molar-refractivity contribution in [3.05, 3.63) is 115 Å². The van der Waals surface area contributed by atoms with Gasteiger partial charge in [0.25, 0.3) is 0 Å². The number of sulfone groups is 1. The predicted octanol–water partition coefficient (Wildman–Crippen LogP) is 3.28. The second-order valence-electron chi connectivity index (χ2n) is 37.0. The zero-order valence-corrected chi connectivity index (χ0v) is 85.5.